The molecule has 0 unspecified atom stereocenters. The van der Waals surface area contributed by atoms with Crippen molar-refractivity contribution in [1.29, 1.82) is 0 Å². The molecule has 0 spiro atoms. The maximum Gasteiger partial charge on any atom is 0.317 e. The molecular formula is C22H29FN4O3. The Morgan fingerprint density at radius 3 is 2.47 bits per heavy atom. The van der Waals surface area contributed by atoms with Gasteiger partial charge in [0.15, 0.2) is 11.6 Å². The molecule has 0 radical (unpaired) electrons. The van der Waals surface area contributed by atoms with Crippen molar-refractivity contribution in [3.05, 3.63) is 65.0 Å². The first-order valence-electron chi connectivity index (χ1n) is 9.63. The zero-order chi connectivity index (χ0) is 22.1. The van der Waals surface area contributed by atoms with E-state index < -0.39 is 5.82 Å². The molecule has 2 aromatic carbocycles. The quantitative estimate of drug-likeness (QED) is 0.659. The average Bonchev–Trinajstić information content (AvgIpc) is 2.72. The molecule has 0 atom stereocenters. The minimum atomic E-state index is -0.468. The molecule has 0 bridgehead atoms. The molecule has 0 aliphatic rings. The molecule has 2 N–H and O–H groups in total. The molecule has 0 aromatic heterocycles. The molecule has 0 saturated heterocycles. The van der Waals surface area contributed by atoms with Gasteiger partial charge >= 0.3 is 6.03 Å². The van der Waals surface area contributed by atoms with Gasteiger partial charge in [-0.25, -0.2) is 9.18 Å². The van der Waals surface area contributed by atoms with E-state index in [1.165, 1.54) is 24.1 Å². The maximum atomic E-state index is 13.8. The number of methoxy groups -OCH3 is 1. The van der Waals surface area contributed by atoms with Crippen LogP contribution < -0.4 is 15.4 Å². The van der Waals surface area contributed by atoms with Crippen LogP contribution in [0.5, 0.6) is 5.75 Å². The van der Waals surface area contributed by atoms with Gasteiger partial charge in [-0.15, -0.1) is 0 Å². The van der Waals surface area contributed by atoms with Crippen LogP contribution in [-0.4, -0.2) is 63.1 Å². The van der Waals surface area contributed by atoms with Crippen molar-refractivity contribution in [3.63, 3.8) is 0 Å². The minimum absolute atomic E-state index is 0.149. The molecule has 2 rings (SSSR count). The van der Waals surface area contributed by atoms with Crippen LogP contribution in [0, 0.1) is 5.82 Å². The Balaban J connectivity index is 1.87. The number of hydrogen-bond acceptors (Lipinski definition) is 4. The van der Waals surface area contributed by atoms with Gasteiger partial charge in [-0.2, -0.15) is 0 Å². The molecule has 2 aromatic rings. The van der Waals surface area contributed by atoms with Crippen LogP contribution in [0.3, 0.4) is 0 Å². The zero-order valence-electron chi connectivity index (χ0n) is 17.9. The largest absolute Gasteiger partial charge is 0.494 e. The summed E-state index contributed by atoms with van der Waals surface area (Å²) in [5.41, 5.74) is 2.01. The Morgan fingerprint density at radius 1 is 1.03 bits per heavy atom. The normalized spacial score (nSPS) is 10.6. The third-order valence-corrected chi connectivity index (χ3v) is 4.46. The van der Waals surface area contributed by atoms with Crippen LogP contribution in [-0.2, 0) is 13.1 Å². The van der Waals surface area contributed by atoms with E-state index in [-0.39, 0.29) is 30.8 Å². The standard InChI is InChI=1S/C22H29FN4O3/c1-26(2)11-10-24-21(28)18-7-5-6-16(12-18)14-25-22(29)27(3)15-17-8-9-20(30-4)19(23)13-17/h5-9,12-13H,10-11,14-15H2,1-4H3,(H,24,28)(H,25,29). The summed E-state index contributed by atoms with van der Waals surface area (Å²) in [6.45, 7) is 1.84. The number of nitrogens with one attached hydrogen (secondary N) is 2. The third kappa shape index (κ3) is 7.04. The Bertz CT molecular complexity index is 873. The van der Waals surface area contributed by atoms with Crippen molar-refractivity contribution < 1.29 is 18.7 Å². The molecule has 3 amide bonds. The summed E-state index contributed by atoms with van der Waals surface area (Å²) in [5.74, 6) is -0.454. The van der Waals surface area contributed by atoms with E-state index >= 15 is 0 Å². The molecular weight excluding hydrogens is 387 g/mol. The topological polar surface area (TPSA) is 73.9 Å². The van der Waals surface area contributed by atoms with Crippen LogP contribution in [0.1, 0.15) is 21.5 Å². The summed E-state index contributed by atoms with van der Waals surface area (Å²) in [6.07, 6.45) is 0. The van der Waals surface area contributed by atoms with Crippen LogP contribution in [0.15, 0.2) is 42.5 Å². The van der Waals surface area contributed by atoms with Gasteiger partial charge in [0.05, 0.1) is 7.11 Å². The van der Waals surface area contributed by atoms with Gasteiger partial charge < -0.3 is 25.2 Å². The lowest BCUT2D eigenvalue weighted by atomic mass is 10.1. The smallest absolute Gasteiger partial charge is 0.317 e. The maximum absolute atomic E-state index is 13.8. The fraction of sp³-hybridized carbons (Fsp3) is 0.364. The van der Waals surface area contributed by atoms with Crippen LogP contribution in [0.2, 0.25) is 0 Å². The minimum Gasteiger partial charge on any atom is -0.494 e. The van der Waals surface area contributed by atoms with Gasteiger partial charge in [0, 0.05) is 38.8 Å². The number of carbonyl (C=O) groups is 2. The number of hydrogen-bond donors (Lipinski definition) is 2. The molecule has 7 nitrogen and oxygen atoms in total. The highest BCUT2D eigenvalue weighted by Gasteiger charge is 2.12. The first-order valence-corrected chi connectivity index (χ1v) is 9.63. The predicted molar refractivity (Wildman–Crippen MR) is 114 cm³/mol. The van der Waals surface area contributed by atoms with Gasteiger partial charge in [-0.05, 0) is 49.5 Å². The first-order chi connectivity index (χ1) is 14.3. The van der Waals surface area contributed by atoms with Crippen LogP contribution >= 0.6 is 0 Å². The summed E-state index contributed by atoms with van der Waals surface area (Å²) in [4.78, 5) is 28.0. The number of benzene rings is 2. The van der Waals surface area contributed by atoms with E-state index in [0.717, 1.165) is 12.1 Å². The molecule has 30 heavy (non-hydrogen) atoms. The molecule has 0 saturated carbocycles. The highest BCUT2D eigenvalue weighted by molar-refractivity contribution is 5.94. The Morgan fingerprint density at radius 2 is 1.80 bits per heavy atom. The van der Waals surface area contributed by atoms with Gasteiger partial charge in [-0.1, -0.05) is 18.2 Å². The number of likely N-dealkylation sites (N-methyl/N-ethyl adjacent to an activating group) is 1. The summed E-state index contributed by atoms with van der Waals surface area (Å²) in [6, 6.07) is 11.4. The fourth-order valence-corrected chi connectivity index (χ4v) is 2.78. The SMILES string of the molecule is COc1ccc(CN(C)C(=O)NCc2cccc(C(=O)NCCN(C)C)c2)cc1F. The van der Waals surface area contributed by atoms with E-state index in [9.17, 15) is 14.0 Å². The Hall–Kier alpha value is -3.13. The van der Waals surface area contributed by atoms with Crippen LogP contribution in [0.4, 0.5) is 9.18 Å². The van der Waals surface area contributed by atoms with E-state index in [2.05, 4.69) is 10.6 Å². The number of urea groups is 1. The van der Waals surface area contributed by atoms with Gasteiger partial charge in [0.2, 0.25) is 0 Å². The van der Waals surface area contributed by atoms with Crippen molar-refractivity contribution in [3.8, 4) is 5.75 Å². The average molecular weight is 416 g/mol. The number of carbonyl (C=O) groups excluding carboxylic acids is 2. The van der Waals surface area contributed by atoms with Crippen molar-refractivity contribution in [2.75, 3.05) is 41.3 Å². The molecule has 0 aliphatic carbocycles. The van der Waals surface area contributed by atoms with Crippen molar-refractivity contribution in [1.82, 2.24) is 20.4 Å². The van der Waals surface area contributed by atoms with E-state index in [4.69, 9.17) is 4.74 Å². The van der Waals surface area contributed by atoms with Gasteiger partial charge in [0.1, 0.15) is 0 Å². The lowest BCUT2D eigenvalue weighted by Crippen LogP contribution is -2.36. The molecule has 0 fully saturated rings. The zero-order valence-corrected chi connectivity index (χ0v) is 17.9. The fourth-order valence-electron chi connectivity index (χ4n) is 2.78. The summed E-state index contributed by atoms with van der Waals surface area (Å²) in [5, 5.41) is 5.68. The van der Waals surface area contributed by atoms with Gasteiger partial charge in [-0.3, -0.25) is 4.79 Å². The number of halogens is 1. The highest BCUT2D eigenvalue weighted by atomic mass is 19.1. The lowest BCUT2D eigenvalue weighted by Gasteiger charge is -2.18. The second-order valence-corrected chi connectivity index (χ2v) is 7.24. The number of nitrogens with zero attached hydrogens (tertiary/aromatic N) is 2. The van der Waals surface area contributed by atoms with Crippen LogP contribution in [0.25, 0.3) is 0 Å². The third-order valence-electron chi connectivity index (χ3n) is 4.46. The molecule has 162 valence electrons. The second-order valence-electron chi connectivity index (χ2n) is 7.24. The van der Waals surface area contributed by atoms with E-state index in [1.54, 1.807) is 31.3 Å². The molecule has 8 heteroatoms. The summed E-state index contributed by atoms with van der Waals surface area (Å²) in [7, 11) is 6.92. The lowest BCUT2D eigenvalue weighted by molar-refractivity contribution is 0.0951. The molecule has 0 heterocycles. The summed E-state index contributed by atoms with van der Waals surface area (Å²) < 4.78 is 18.7. The van der Waals surface area contributed by atoms with Crippen molar-refractivity contribution in [2.24, 2.45) is 0 Å². The number of ether oxygens (including phenoxy) is 1. The Kier molecular flexibility index (Phi) is 8.61. The second kappa shape index (κ2) is 11.2. The number of amides is 3. The predicted octanol–water partition coefficient (Wildman–Crippen LogP) is 2.47. The first kappa shape index (κ1) is 23.2. The van der Waals surface area contributed by atoms with Crippen molar-refractivity contribution in [2.45, 2.75) is 13.1 Å². The molecule has 0 aliphatic heterocycles. The van der Waals surface area contributed by atoms with Gasteiger partial charge in [0.25, 0.3) is 5.91 Å². The van der Waals surface area contributed by atoms with Crippen molar-refractivity contribution >= 4 is 11.9 Å². The monoisotopic (exact) mass is 416 g/mol. The Labute approximate surface area is 176 Å². The highest BCUT2D eigenvalue weighted by Crippen LogP contribution is 2.18. The van der Waals surface area contributed by atoms with E-state index in [1.807, 2.05) is 25.1 Å². The number of rotatable bonds is 9. The van der Waals surface area contributed by atoms with E-state index in [0.29, 0.717) is 17.7 Å². The summed E-state index contributed by atoms with van der Waals surface area (Å²) >= 11 is 0.